The van der Waals surface area contributed by atoms with Gasteiger partial charge >= 0.3 is 5.97 Å². The maximum absolute atomic E-state index is 11.5. The molecule has 0 N–H and O–H groups in total. The average Bonchev–Trinajstić information content (AvgIpc) is 2.62. The molecular weight excluding hydrogens is 196 g/mol. The summed E-state index contributed by atoms with van der Waals surface area (Å²) in [5, 5.41) is 1.94. The number of ether oxygens (including phenoxy) is 1. The van der Waals surface area contributed by atoms with Crippen LogP contribution in [0.1, 0.15) is 46.5 Å². The molecule has 1 aromatic heterocycles. The van der Waals surface area contributed by atoms with E-state index in [1.165, 1.54) is 30.4 Å². The van der Waals surface area contributed by atoms with Crippen LogP contribution in [0.4, 0.5) is 0 Å². The van der Waals surface area contributed by atoms with Crippen LogP contribution in [-0.4, -0.2) is 13.1 Å². The van der Waals surface area contributed by atoms with E-state index < -0.39 is 0 Å². The quantitative estimate of drug-likeness (QED) is 0.666. The number of rotatable bonds is 1. The Labute approximate surface area is 87.9 Å². The Morgan fingerprint density at radius 3 is 3.14 bits per heavy atom. The number of aryl methyl sites for hydroxylation is 1. The Morgan fingerprint density at radius 2 is 2.43 bits per heavy atom. The third-order valence-corrected chi connectivity index (χ3v) is 3.91. The average molecular weight is 210 g/mol. The first kappa shape index (κ1) is 9.71. The van der Waals surface area contributed by atoms with Crippen molar-refractivity contribution in [1.29, 1.82) is 0 Å². The highest BCUT2D eigenvalue weighted by molar-refractivity contribution is 7.10. The summed E-state index contributed by atoms with van der Waals surface area (Å²) < 4.78 is 4.78. The molecule has 0 saturated heterocycles. The lowest BCUT2D eigenvalue weighted by molar-refractivity contribution is 0.0599. The predicted octanol–water partition coefficient (Wildman–Crippen LogP) is 2.97. The molecule has 0 amide bonds. The molecule has 0 aliphatic heterocycles. The maximum atomic E-state index is 11.5. The lowest BCUT2D eigenvalue weighted by Crippen LogP contribution is -2.10. The van der Waals surface area contributed by atoms with Gasteiger partial charge in [0, 0.05) is 10.3 Å². The number of hydrogen-bond donors (Lipinski definition) is 0. The SMILES string of the molecule is COC(=O)c1csc2c1C(C)CCC2. The van der Waals surface area contributed by atoms with Crippen LogP contribution in [0.2, 0.25) is 0 Å². The topological polar surface area (TPSA) is 26.3 Å². The van der Waals surface area contributed by atoms with Gasteiger partial charge in [-0.25, -0.2) is 4.79 Å². The molecule has 76 valence electrons. The molecule has 0 saturated carbocycles. The smallest absolute Gasteiger partial charge is 0.338 e. The van der Waals surface area contributed by atoms with Gasteiger partial charge in [0.15, 0.2) is 0 Å². The maximum Gasteiger partial charge on any atom is 0.338 e. The standard InChI is InChI=1S/C11H14O2S/c1-7-4-3-5-9-10(7)8(6-14-9)11(12)13-2/h6-7H,3-5H2,1-2H3. The second-order valence-corrected chi connectivity index (χ2v) is 4.74. The molecule has 0 bridgehead atoms. The summed E-state index contributed by atoms with van der Waals surface area (Å²) >= 11 is 1.70. The van der Waals surface area contributed by atoms with Crippen LogP contribution in [0.5, 0.6) is 0 Å². The first-order chi connectivity index (χ1) is 6.74. The van der Waals surface area contributed by atoms with Gasteiger partial charge in [-0.15, -0.1) is 11.3 Å². The van der Waals surface area contributed by atoms with E-state index in [-0.39, 0.29) is 5.97 Å². The lowest BCUT2D eigenvalue weighted by atomic mass is 9.87. The number of hydrogen-bond acceptors (Lipinski definition) is 3. The first-order valence-corrected chi connectivity index (χ1v) is 5.80. The largest absolute Gasteiger partial charge is 0.465 e. The molecule has 1 aliphatic rings. The molecule has 14 heavy (non-hydrogen) atoms. The molecule has 1 unspecified atom stereocenters. The van der Waals surface area contributed by atoms with Gasteiger partial charge in [0.2, 0.25) is 0 Å². The fraction of sp³-hybridized carbons (Fsp3) is 0.545. The number of fused-ring (bicyclic) bond motifs is 1. The monoisotopic (exact) mass is 210 g/mol. The van der Waals surface area contributed by atoms with E-state index in [9.17, 15) is 4.79 Å². The molecule has 1 aromatic rings. The van der Waals surface area contributed by atoms with E-state index >= 15 is 0 Å². The van der Waals surface area contributed by atoms with Crippen LogP contribution in [-0.2, 0) is 11.2 Å². The van der Waals surface area contributed by atoms with Gasteiger partial charge in [0.1, 0.15) is 0 Å². The molecule has 1 heterocycles. The van der Waals surface area contributed by atoms with E-state index in [0.29, 0.717) is 5.92 Å². The molecule has 1 atom stereocenters. The van der Waals surface area contributed by atoms with Crippen LogP contribution in [0, 0.1) is 0 Å². The van der Waals surface area contributed by atoms with Gasteiger partial charge in [0.05, 0.1) is 12.7 Å². The van der Waals surface area contributed by atoms with Crippen molar-refractivity contribution in [2.45, 2.75) is 32.1 Å². The third-order valence-electron chi connectivity index (χ3n) is 2.85. The zero-order valence-corrected chi connectivity index (χ0v) is 9.32. The summed E-state index contributed by atoms with van der Waals surface area (Å²) in [4.78, 5) is 12.9. The predicted molar refractivity (Wildman–Crippen MR) is 57.0 cm³/mol. The molecule has 0 spiro atoms. The minimum absolute atomic E-state index is 0.184. The molecule has 0 fully saturated rings. The Morgan fingerprint density at radius 1 is 1.64 bits per heavy atom. The lowest BCUT2D eigenvalue weighted by Gasteiger charge is -2.19. The van der Waals surface area contributed by atoms with Crippen molar-refractivity contribution in [3.63, 3.8) is 0 Å². The number of esters is 1. The summed E-state index contributed by atoms with van der Waals surface area (Å²) in [5.74, 6) is 0.329. The Balaban J connectivity index is 2.43. The molecule has 3 heteroatoms. The van der Waals surface area contributed by atoms with Crippen molar-refractivity contribution >= 4 is 17.3 Å². The highest BCUT2D eigenvalue weighted by atomic mass is 32.1. The van der Waals surface area contributed by atoms with Gasteiger partial charge in [-0.2, -0.15) is 0 Å². The van der Waals surface area contributed by atoms with Gasteiger partial charge in [-0.05, 0) is 30.7 Å². The summed E-state index contributed by atoms with van der Waals surface area (Å²) in [6.45, 7) is 2.19. The third kappa shape index (κ3) is 1.46. The van der Waals surface area contributed by atoms with Gasteiger partial charge < -0.3 is 4.74 Å². The highest BCUT2D eigenvalue weighted by Gasteiger charge is 2.25. The minimum atomic E-state index is -0.184. The number of carbonyl (C=O) groups is 1. The summed E-state index contributed by atoms with van der Waals surface area (Å²) in [6.07, 6.45) is 3.56. The summed E-state index contributed by atoms with van der Waals surface area (Å²) in [7, 11) is 1.44. The van der Waals surface area contributed by atoms with E-state index in [1.54, 1.807) is 11.3 Å². The fourth-order valence-corrected chi connectivity index (χ4v) is 3.31. The molecule has 0 aromatic carbocycles. The van der Waals surface area contributed by atoms with Gasteiger partial charge in [-0.1, -0.05) is 6.92 Å². The Bertz CT molecular complexity index is 354. The van der Waals surface area contributed by atoms with Gasteiger partial charge in [-0.3, -0.25) is 0 Å². The second-order valence-electron chi connectivity index (χ2n) is 3.77. The van der Waals surface area contributed by atoms with Crippen LogP contribution in [0.15, 0.2) is 5.38 Å². The number of carbonyl (C=O) groups excluding carboxylic acids is 1. The normalized spacial score (nSPS) is 20.3. The van der Waals surface area contributed by atoms with Crippen molar-refractivity contribution in [3.8, 4) is 0 Å². The number of methoxy groups -OCH3 is 1. The van der Waals surface area contributed by atoms with Crippen molar-refractivity contribution in [2.24, 2.45) is 0 Å². The van der Waals surface area contributed by atoms with Crippen LogP contribution < -0.4 is 0 Å². The van der Waals surface area contributed by atoms with E-state index in [2.05, 4.69) is 6.92 Å². The Kier molecular flexibility index (Phi) is 2.59. The minimum Gasteiger partial charge on any atom is -0.465 e. The van der Waals surface area contributed by atoms with Gasteiger partial charge in [0.25, 0.3) is 0 Å². The molecular formula is C11H14O2S. The van der Waals surface area contributed by atoms with Crippen molar-refractivity contribution in [2.75, 3.05) is 7.11 Å². The molecule has 2 rings (SSSR count). The summed E-state index contributed by atoms with van der Waals surface area (Å²) in [6, 6.07) is 0. The van der Waals surface area contributed by atoms with Crippen molar-refractivity contribution < 1.29 is 9.53 Å². The van der Waals surface area contributed by atoms with Crippen LogP contribution in [0.3, 0.4) is 0 Å². The van der Waals surface area contributed by atoms with E-state index in [1.807, 2.05) is 5.38 Å². The van der Waals surface area contributed by atoms with E-state index in [0.717, 1.165) is 12.0 Å². The van der Waals surface area contributed by atoms with E-state index in [4.69, 9.17) is 4.74 Å². The molecule has 2 nitrogen and oxygen atoms in total. The van der Waals surface area contributed by atoms with Crippen LogP contribution in [0.25, 0.3) is 0 Å². The number of thiophene rings is 1. The molecule has 1 aliphatic carbocycles. The molecule has 0 radical (unpaired) electrons. The fourth-order valence-electron chi connectivity index (χ4n) is 2.12. The summed E-state index contributed by atoms with van der Waals surface area (Å²) in [5.41, 5.74) is 2.04. The highest BCUT2D eigenvalue weighted by Crippen LogP contribution is 2.37. The first-order valence-electron chi connectivity index (χ1n) is 4.92. The van der Waals surface area contributed by atoms with Crippen molar-refractivity contribution in [1.82, 2.24) is 0 Å². The Hall–Kier alpha value is -0.830. The van der Waals surface area contributed by atoms with Crippen LogP contribution >= 0.6 is 11.3 Å². The zero-order chi connectivity index (χ0) is 10.1. The second kappa shape index (κ2) is 3.73. The zero-order valence-electron chi connectivity index (χ0n) is 8.50. The van der Waals surface area contributed by atoms with Crippen molar-refractivity contribution in [3.05, 3.63) is 21.4 Å².